The van der Waals surface area contributed by atoms with E-state index in [-0.39, 0.29) is 59.4 Å². The van der Waals surface area contributed by atoms with E-state index in [9.17, 15) is 0 Å². The third kappa shape index (κ3) is 25.1. The summed E-state index contributed by atoms with van der Waals surface area (Å²) in [7, 11) is 3.58. The molecular formula is C56H90N4. The first kappa shape index (κ1) is 69.2. The van der Waals surface area contributed by atoms with Gasteiger partial charge in [0, 0.05) is 14.1 Å². The van der Waals surface area contributed by atoms with Gasteiger partial charge in [-0.2, -0.15) is 0 Å². The second kappa shape index (κ2) is 40.3. The fourth-order valence-corrected chi connectivity index (χ4v) is 4.91. The van der Waals surface area contributed by atoms with Crippen molar-refractivity contribution in [1.82, 2.24) is 0 Å². The molecule has 0 radical (unpaired) electrons. The number of allylic oxidation sites excluding steroid dienone is 8. The second-order valence-electron chi connectivity index (χ2n) is 11.4. The lowest BCUT2D eigenvalue weighted by atomic mass is 10.0. The summed E-state index contributed by atoms with van der Waals surface area (Å²) in [5, 5.41) is 0. The van der Waals surface area contributed by atoms with Gasteiger partial charge in [-0.1, -0.05) is 185 Å². The lowest BCUT2D eigenvalue weighted by molar-refractivity contribution is 1.18. The van der Waals surface area contributed by atoms with Crippen LogP contribution in [0.2, 0.25) is 0 Å². The third-order valence-corrected chi connectivity index (χ3v) is 7.66. The quantitative estimate of drug-likeness (QED) is 0.174. The number of aliphatic imine (C=N–C) groups is 4. The number of nitrogens with zero attached hydrogens (tertiary/aromatic N) is 4. The van der Waals surface area contributed by atoms with Gasteiger partial charge in [-0.05, 0) is 122 Å². The Kier molecular flexibility index (Phi) is 46.5. The minimum atomic E-state index is 0. The van der Waals surface area contributed by atoms with E-state index < -0.39 is 0 Å². The predicted octanol–water partition coefficient (Wildman–Crippen LogP) is 17.9. The third-order valence-electron chi connectivity index (χ3n) is 7.66. The van der Waals surface area contributed by atoms with Gasteiger partial charge in [0.15, 0.2) is 0 Å². The molecule has 0 N–H and O–H groups in total. The van der Waals surface area contributed by atoms with Gasteiger partial charge in [0.1, 0.15) is 0 Å². The molecule has 0 atom stereocenters. The molecule has 60 heavy (non-hydrogen) atoms. The van der Waals surface area contributed by atoms with Gasteiger partial charge in [0.2, 0.25) is 0 Å². The maximum atomic E-state index is 4.63. The van der Waals surface area contributed by atoms with Gasteiger partial charge in [-0.25, -0.2) is 9.98 Å². The van der Waals surface area contributed by atoms with Crippen molar-refractivity contribution in [2.24, 2.45) is 20.0 Å². The maximum absolute atomic E-state index is 4.63. The molecule has 4 heteroatoms. The smallest absolute Gasteiger partial charge is 0.0638 e. The van der Waals surface area contributed by atoms with Crippen molar-refractivity contribution in [3.8, 4) is 0 Å². The molecule has 0 saturated heterocycles. The molecule has 0 saturated carbocycles. The van der Waals surface area contributed by atoms with Crippen LogP contribution in [0.15, 0.2) is 166 Å². The number of aryl methyl sites for hydroxylation is 2. The highest BCUT2D eigenvalue weighted by Gasteiger charge is 2.02. The molecule has 0 fully saturated rings. The molecule has 2 aliphatic carbocycles. The van der Waals surface area contributed by atoms with Crippen LogP contribution in [-0.4, -0.2) is 36.9 Å². The van der Waals surface area contributed by atoms with Gasteiger partial charge in [-0.15, -0.1) is 0 Å². The first-order chi connectivity index (χ1) is 25.4. The molecule has 0 unspecified atom stereocenters. The number of benzene rings is 4. The Balaban J connectivity index is -0.000000149. The molecule has 0 aliphatic heterocycles. The SMILES string of the molecule is C.C.C.C.C.C.C.C.CC.CC.CC.CN=C1C=CC(=Nc2ccc(Cc3ccc(C)cc3)cc2)C=C1.CN=C1C=CC(=Nc2ccc(Cc3ccc(C)cc3)cc2)C=C1. The van der Waals surface area contributed by atoms with Crippen LogP contribution >= 0.6 is 0 Å². The highest BCUT2D eigenvalue weighted by Crippen LogP contribution is 2.19. The summed E-state index contributed by atoms with van der Waals surface area (Å²) in [6.45, 7) is 16.2. The van der Waals surface area contributed by atoms with Crippen molar-refractivity contribution in [2.75, 3.05) is 14.1 Å². The van der Waals surface area contributed by atoms with Crippen LogP contribution in [0, 0.1) is 13.8 Å². The highest BCUT2D eigenvalue weighted by atomic mass is 14.7. The Morgan fingerprint density at radius 1 is 0.300 bits per heavy atom. The van der Waals surface area contributed by atoms with E-state index in [0.29, 0.717) is 0 Å². The summed E-state index contributed by atoms with van der Waals surface area (Å²) in [6, 6.07) is 34.3. The Morgan fingerprint density at radius 2 is 0.500 bits per heavy atom. The van der Waals surface area contributed by atoms with Crippen LogP contribution in [0.5, 0.6) is 0 Å². The van der Waals surface area contributed by atoms with Crippen molar-refractivity contribution in [3.63, 3.8) is 0 Å². The summed E-state index contributed by atoms with van der Waals surface area (Å²) in [4.78, 5) is 17.5. The van der Waals surface area contributed by atoms with Gasteiger partial charge >= 0.3 is 0 Å². The van der Waals surface area contributed by atoms with E-state index in [4.69, 9.17) is 0 Å². The fraction of sp³-hybridized carbons (Fsp3) is 0.357. The summed E-state index contributed by atoms with van der Waals surface area (Å²) >= 11 is 0. The molecular weight excluding hydrogens is 729 g/mol. The van der Waals surface area contributed by atoms with E-state index in [1.165, 1.54) is 33.4 Å². The Bertz CT molecular complexity index is 1680. The van der Waals surface area contributed by atoms with Crippen LogP contribution in [0.4, 0.5) is 11.4 Å². The lowest BCUT2D eigenvalue weighted by Crippen LogP contribution is -1.99. The number of hydrogen-bond acceptors (Lipinski definition) is 4. The van der Waals surface area contributed by atoms with Gasteiger partial charge in [0.25, 0.3) is 0 Å². The van der Waals surface area contributed by atoms with E-state index in [2.05, 4.69) is 131 Å². The highest BCUT2D eigenvalue weighted by molar-refractivity contribution is 6.19. The molecule has 0 spiro atoms. The molecule has 4 aromatic rings. The van der Waals surface area contributed by atoms with E-state index in [0.717, 1.165) is 47.1 Å². The van der Waals surface area contributed by atoms with Crippen molar-refractivity contribution < 1.29 is 0 Å². The zero-order valence-corrected chi connectivity index (χ0v) is 33.1. The summed E-state index contributed by atoms with van der Waals surface area (Å²) in [5.41, 5.74) is 13.6. The minimum absolute atomic E-state index is 0. The van der Waals surface area contributed by atoms with Crippen molar-refractivity contribution in [2.45, 2.75) is 128 Å². The molecule has 0 heterocycles. The number of rotatable bonds is 6. The first-order valence-corrected chi connectivity index (χ1v) is 18.6. The molecule has 0 amide bonds. The first-order valence-electron chi connectivity index (χ1n) is 18.6. The maximum Gasteiger partial charge on any atom is 0.0638 e. The molecule has 0 bridgehead atoms. The minimum Gasteiger partial charge on any atom is -0.289 e. The number of hydrogen-bond donors (Lipinski definition) is 0. The average molecular weight is 819 g/mol. The summed E-state index contributed by atoms with van der Waals surface area (Å²) in [5.74, 6) is 0. The average Bonchev–Trinajstić information content (AvgIpc) is 3.21. The van der Waals surface area contributed by atoms with Crippen LogP contribution in [0.3, 0.4) is 0 Å². The van der Waals surface area contributed by atoms with Crippen molar-refractivity contribution in [3.05, 3.63) is 179 Å². The Hall–Kier alpha value is -5.48. The van der Waals surface area contributed by atoms with Gasteiger partial charge in [-0.3, -0.25) is 9.98 Å². The zero-order chi connectivity index (χ0) is 38.1. The molecule has 4 aromatic carbocycles. The van der Waals surface area contributed by atoms with Gasteiger partial charge in [0.05, 0.1) is 34.2 Å². The molecule has 4 nitrogen and oxygen atoms in total. The van der Waals surface area contributed by atoms with Crippen LogP contribution in [0.25, 0.3) is 0 Å². The lowest BCUT2D eigenvalue weighted by Gasteiger charge is -2.05. The molecule has 0 aromatic heterocycles. The normalized spacial score (nSPS) is 10.5. The summed E-state index contributed by atoms with van der Waals surface area (Å²) in [6.07, 6.45) is 17.8. The van der Waals surface area contributed by atoms with Crippen LogP contribution in [0.1, 0.15) is 134 Å². The van der Waals surface area contributed by atoms with Crippen molar-refractivity contribution in [1.29, 1.82) is 0 Å². The zero-order valence-electron chi connectivity index (χ0n) is 33.1. The second-order valence-corrected chi connectivity index (χ2v) is 11.4. The monoisotopic (exact) mass is 819 g/mol. The molecule has 6 rings (SSSR count). The fourth-order valence-electron chi connectivity index (χ4n) is 4.91. The van der Waals surface area contributed by atoms with Crippen LogP contribution in [-0.2, 0) is 12.8 Å². The van der Waals surface area contributed by atoms with Crippen LogP contribution < -0.4 is 0 Å². The Morgan fingerprint density at radius 3 is 0.717 bits per heavy atom. The molecule has 334 valence electrons. The van der Waals surface area contributed by atoms with E-state index >= 15 is 0 Å². The molecule has 2 aliphatic rings. The van der Waals surface area contributed by atoms with E-state index in [1.54, 1.807) is 14.1 Å². The van der Waals surface area contributed by atoms with E-state index in [1.807, 2.05) is 90.2 Å². The predicted molar refractivity (Wildman–Crippen MR) is 286 cm³/mol. The van der Waals surface area contributed by atoms with Gasteiger partial charge < -0.3 is 0 Å². The van der Waals surface area contributed by atoms with Crippen molar-refractivity contribution >= 4 is 34.2 Å². The standard InChI is InChI=1S/2C21H20N2.3C2H6.8CH4/c2*1-16-3-5-17(6-4-16)15-18-7-9-20(10-8-18)23-21-13-11-19(22-2)12-14-21;3*1-2;;;;;;;;/h2*3-14H,15H2,1-2H3;3*1-2H3;8*1H4. The summed E-state index contributed by atoms with van der Waals surface area (Å²) < 4.78 is 0. The topological polar surface area (TPSA) is 49.4 Å². The largest absolute Gasteiger partial charge is 0.289 e. The Labute approximate surface area is 373 Å².